The molecule has 0 saturated carbocycles. The lowest BCUT2D eigenvalue weighted by Crippen LogP contribution is -2.16. The number of hydrogen-bond acceptors (Lipinski definition) is 6. The molecule has 0 aliphatic carbocycles. The van der Waals surface area contributed by atoms with E-state index < -0.39 is 0 Å². The number of anilines is 1. The Kier molecular flexibility index (Phi) is 6.18. The molecule has 0 radical (unpaired) electrons. The van der Waals surface area contributed by atoms with Gasteiger partial charge in [-0.3, -0.25) is 0 Å². The predicted molar refractivity (Wildman–Crippen MR) is 122 cm³/mol. The summed E-state index contributed by atoms with van der Waals surface area (Å²) in [6, 6.07) is 17.0. The van der Waals surface area contributed by atoms with Gasteiger partial charge in [0.1, 0.15) is 24.5 Å². The van der Waals surface area contributed by atoms with Gasteiger partial charge in [-0.25, -0.2) is 4.98 Å². The van der Waals surface area contributed by atoms with Crippen LogP contribution in [0.15, 0.2) is 59.8 Å². The van der Waals surface area contributed by atoms with Gasteiger partial charge in [0.15, 0.2) is 0 Å². The number of nitrogens with one attached hydrogen (secondary N) is 1. The molecule has 0 unspecified atom stereocenters. The molecule has 0 bridgehead atoms. The fourth-order valence-corrected chi connectivity index (χ4v) is 3.67. The minimum atomic E-state index is 0.548. The summed E-state index contributed by atoms with van der Waals surface area (Å²) in [7, 11) is 0. The Labute approximate surface area is 180 Å². The highest BCUT2D eigenvalue weighted by Gasteiger charge is 2.10. The highest BCUT2D eigenvalue weighted by molar-refractivity contribution is 7.98. The van der Waals surface area contributed by atoms with Crippen molar-refractivity contribution in [3.8, 4) is 5.75 Å². The van der Waals surface area contributed by atoms with Gasteiger partial charge in [-0.05, 0) is 61.9 Å². The van der Waals surface area contributed by atoms with Gasteiger partial charge in [-0.2, -0.15) is 14.6 Å². The van der Waals surface area contributed by atoms with E-state index in [2.05, 4.69) is 63.0 Å². The first-order valence-corrected chi connectivity index (χ1v) is 11.1. The number of nitrogens with zero attached hydrogens (tertiary/aromatic N) is 4. The van der Waals surface area contributed by atoms with Gasteiger partial charge in [0.25, 0.3) is 5.78 Å². The number of rotatable bonds is 8. The molecule has 0 aliphatic heterocycles. The Bertz CT molecular complexity index is 1120. The first-order chi connectivity index (χ1) is 14.6. The largest absolute Gasteiger partial charge is 0.492 e. The van der Waals surface area contributed by atoms with Crippen molar-refractivity contribution in [2.24, 2.45) is 0 Å². The van der Waals surface area contributed by atoms with Crippen LogP contribution in [0.25, 0.3) is 5.78 Å². The number of benzene rings is 2. The molecular formula is C23H25N5OS. The van der Waals surface area contributed by atoms with E-state index in [4.69, 9.17) is 4.74 Å². The molecule has 0 spiro atoms. The molecule has 2 heterocycles. The third kappa shape index (κ3) is 4.57. The van der Waals surface area contributed by atoms with Crippen LogP contribution in [0.5, 0.6) is 5.75 Å². The van der Waals surface area contributed by atoms with E-state index in [0.717, 1.165) is 29.2 Å². The van der Waals surface area contributed by atoms with Gasteiger partial charge in [-0.1, -0.05) is 24.3 Å². The van der Waals surface area contributed by atoms with Crippen LogP contribution in [0.2, 0.25) is 0 Å². The minimum Gasteiger partial charge on any atom is -0.492 e. The monoisotopic (exact) mass is 419 g/mol. The third-order valence-corrected chi connectivity index (χ3v) is 5.80. The summed E-state index contributed by atoms with van der Waals surface area (Å²) in [4.78, 5) is 9.90. The standard InChI is InChI=1S/C23H25N5OS/c1-16-17(2)27-23-25-15-26-28(23)22(16)24-12-13-29-20-8-4-18(5-9-20)14-19-6-10-21(30-3)11-7-19/h4-11,15,24H,12-14H2,1-3H3. The van der Waals surface area contributed by atoms with Crippen LogP contribution in [-0.2, 0) is 6.42 Å². The van der Waals surface area contributed by atoms with E-state index in [1.165, 1.54) is 22.3 Å². The molecule has 1 N–H and O–H groups in total. The molecule has 7 heteroatoms. The van der Waals surface area contributed by atoms with Gasteiger partial charge < -0.3 is 10.1 Å². The average molecular weight is 420 g/mol. The van der Waals surface area contributed by atoms with Crippen molar-refractivity contribution in [1.82, 2.24) is 19.6 Å². The Morgan fingerprint density at radius 2 is 1.70 bits per heavy atom. The first-order valence-electron chi connectivity index (χ1n) is 9.89. The van der Waals surface area contributed by atoms with Crippen LogP contribution >= 0.6 is 11.8 Å². The van der Waals surface area contributed by atoms with Crippen molar-refractivity contribution in [2.45, 2.75) is 25.2 Å². The normalized spacial score (nSPS) is 11.0. The van der Waals surface area contributed by atoms with Crippen LogP contribution in [0.4, 0.5) is 5.82 Å². The summed E-state index contributed by atoms with van der Waals surface area (Å²) in [5, 5.41) is 7.65. The zero-order chi connectivity index (χ0) is 20.9. The van der Waals surface area contributed by atoms with Crippen LogP contribution in [-0.4, -0.2) is 39.0 Å². The summed E-state index contributed by atoms with van der Waals surface area (Å²) < 4.78 is 7.63. The zero-order valence-corrected chi connectivity index (χ0v) is 18.2. The first kappa shape index (κ1) is 20.2. The molecule has 0 atom stereocenters. The van der Waals surface area contributed by atoms with Crippen molar-refractivity contribution in [3.63, 3.8) is 0 Å². The molecule has 4 aromatic rings. The van der Waals surface area contributed by atoms with Crippen molar-refractivity contribution < 1.29 is 4.74 Å². The molecular weight excluding hydrogens is 394 g/mol. The maximum Gasteiger partial charge on any atom is 0.254 e. The Balaban J connectivity index is 1.30. The Morgan fingerprint density at radius 3 is 2.40 bits per heavy atom. The van der Waals surface area contributed by atoms with Crippen molar-refractivity contribution in [1.29, 1.82) is 0 Å². The highest BCUT2D eigenvalue weighted by Crippen LogP contribution is 2.20. The average Bonchev–Trinajstić information content (AvgIpc) is 3.23. The van der Waals surface area contributed by atoms with E-state index in [9.17, 15) is 0 Å². The number of fused-ring (bicyclic) bond motifs is 1. The molecule has 30 heavy (non-hydrogen) atoms. The summed E-state index contributed by atoms with van der Waals surface area (Å²) in [5.41, 5.74) is 4.59. The summed E-state index contributed by atoms with van der Waals surface area (Å²) in [6.07, 6.45) is 4.53. The molecule has 0 aliphatic rings. The number of thioether (sulfide) groups is 1. The fraction of sp³-hybridized carbons (Fsp3) is 0.261. The second-order valence-corrected chi connectivity index (χ2v) is 7.97. The highest BCUT2D eigenvalue weighted by atomic mass is 32.2. The fourth-order valence-electron chi connectivity index (χ4n) is 3.26. The van der Waals surface area contributed by atoms with E-state index >= 15 is 0 Å². The number of ether oxygens (including phenoxy) is 1. The molecule has 4 rings (SSSR count). The van der Waals surface area contributed by atoms with Gasteiger partial charge >= 0.3 is 0 Å². The van der Waals surface area contributed by atoms with Crippen molar-refractivity contribution in [2.75, 3.05) is 24.7 Å². The van der Waals surface area contributed by atoms with E-state index in [1.807, 2.05) is 26.0 Å². The molecule has 154 valence electrons. The maximum absolute atomic E-state index is 5.90. The summed E-state index contributed by atoms with van der Waals surface area (Å²) in [5.74, 6) is 2.37. The molecule has 0 amide bonds. The van der Waals surface area contributed by atoms with Gasteiger partial charge in [-0.15, -0.1) is 11.8 Å². The molecule has 6 nitrogen and oxygen atoms in total. The van der Waals surface area contributed by atoms with E-state index in [1.54, 1.807) is 16.3 Å². The second kappa shape index (κ2) is 9.17. The van der Waals surface area contributed by atoms with Crippen molar-refractivity contribution in [3.05, 3.63) is 77.2 Å². The van der Waals surface area contributed by atoms with Crippen LogP contribution in [0, 0.1) is 13.8 Å². The quantitative estimate of drug-likeness (QED) is 0.334. The van der Waals surface area contributed by atoms with E-state index in [-0.39, 0.29) is 0 Å². The van der Waals surface area contributed by atoms with Crippen LogP contribution in [0.1, 0.15) is 22.4 Å². The minimum absolute atomic E-state index is 0.548. The number of aryl methyl sites for hydroxylation is 1. The summed E-state index contributed by atoms with van der Waals surface area (Å²) in [6.45, 7) is 5.21. The third-order valence-electron chi connectivity index (χ3n) is 5.06. The Hall–Kier alpha value is -3.06. The smallest absolute Gasteiger partial charge is 0.254 e. The van der Waals surface area contributed by atoms with Crippen LogP contribution in [0.3, 0.4) is 0 Å². The second-order valence-electron chi connectivity index (χ2n) is 7.09. The molecule has 0 saturated heterocycles. The summed E-state index contributed by atoms with van der Waals surface area (Å²) >= 11 is 1.76. The molecule has 2 aromatic carbocycles. The van der Waals surface area contributed by atoms with Gasteiger partial charge in [0.2, 0.25) is 0 Å². The van der Waals surface area contributed by atoms with Crippen molar-refractivity contribution >= 4 is 23.4 Å². The lowest BCUT2D eigenvalue weighted by atomic mass is 10.1. The molecule has 2 aromatic heterocycles. The number of aromatic nitrogens is 4. The topological polar surface area (TPSA) is 64.3 Å². The zero-order valence-electron chi connectivity index (χ0n) is 17.4. The SMILES string of the molecule is CSc1ccc(Cc2ccc(OCCNc3c(C)c(C)nc4ncnn34)cc2)cc1. The Morgan fingerprint density at radius 1 is 1.00 bits per heavy atom. The molecule has 0 fully saturated rings. The van der Waals surface area contributed by atoms with E-state index in [0.29, 0.717) is 18.9 Å². The lowest BCUT2D eigenvalue weighted by Gasteiger charge is -2.13. The maximum atomic E-state index is 5.90. The van der Waals surface area contributed by atoms with Gasteiger partial charge in [0.05, 0.1) is 6.54 Å². The lowest BCUT2D eigenvalue weighted by molar-refractivity contribution is 0.332. The number of hydrogen-bond donors (Lipinski definition) is 1. The van der Waals surface area contributed by atoms with Crippen LogP contribution < -0.4 is 10.1 Å². The van der Waals surface area contributed by atoms with Gasteiger partial charge in [0, 0.05) is 16.2 Å². The predicted octanol–water partition coefficient (Wildman–Crippen LogP) is 4.54.